The highest BCUT2D eigenvalue weighted by molar-refractivity contribution is 5.96. The van der Waals surface area contributed by atoms with Crippen molar-refractivity contribution in [3.63, 3.8) is 0 Å². The molecule has 1 amide bonds. The molecule has 0 atom stereocenters. The zero-order valence-electron chi connectivity index (χ0n) is 18.2. The molecule has 0 spiro atoms. The number of fused-ring (bicyclic) bond motifs is 1. The highest BCUT2D eigenvalue weighted by Crippen LogP contribution is 2.24. The zero-order valence-corrected chi connectivity index (χ0v) is 18.2. The second kappa shape index (κ2) is 8.76. The summed E-state index contributed by atoms with van der Waals surface area (Å²) in [5, 5.41) is 7.38. The molecule has 4 rings (SSSR count). The fraction of sp³-hybridized carbons (Fsp3) is 0.320. The number of benzene rings is 2. The molecule has 0 bridgehead atoms. The van der Waals surface area contributed by atoms with Crippen LogP contribution < -0.4 is 5.32 Å². The number of amides is 1. The summed E-state index contributed by atoms with van der Waals surface area (Å²) in [6.07, 6.45) is 4.38. The van der Waals surface area contributed by atoms with Crippen LogP contribution in [0.25, 0.3) is 5.69 Å². The van der Waals surface area contributed by atoms with E-state index in [9.17, 15) is 9.59 Å². The van der Waals surface area contributed by atoms with Gasteiger partial charge in [0, 0.05) is 0 Å². The minimum absolute atomic E-state index is 0.343. The number of carbonyl (C=O) groups excluding carboxylic acids is 2. The number of aromatic nitrogens is 2. The van der Waals surface area contributed by atoms with E-state index in [1.54, 1.807) is 10.7 Å². The molecule has 1 heterocycles. The van der Waals surface area contributed by atoms with E-state index in [4.69, 9.17) is 4.74 Å². The van der Waals surface area contributed by atoms with Gasteiger partial charge in [-0.2, -0.15) is 5.10 Å². The maximum absolute atomic E-state index is 12.5. The lowest BCUT2D eigenvalue weighted by Gasteiger charge is -2.16. The molecule has 160 valence electrons. The molecule has 1 aliphatic rings. The van der Waals surface area contributed by atoms with Crippen molar-refractivity contribution < 1.29 is 14.3 Å². The van der Waals surface area contributed by atoms with Crippen molar-refractivity contribution in [3.05, 3.63) is 76.1 Å². The normalized spacial score (nSPS) is 12.9. The number of hydrogen-bond donors (Lipinski definition) is 1. The van der Waals surface area contributed by atoms with E-state index in [2.05, 4.69) is 10.4 Å². The van der Waals surface area contributed by atoms with Gasteiger partial charge in [0.05, 0.1) is 28.3 Å². The summed E-state index contributed by atoms with van der Waals surface area (Å²) in [6, 6.07) is 13.7. The largest absolute Gasteiger partial charge is 0.452 e. The molecule has 6 nitrogen and oxygen atoms in total. The van der Waals surface area contributed by atoms with Crippen molar-refractivity contribution in [1.29, 1.82) is 0 Å². The van der Waals surface area contributed by atoms with Crippen LogP contribution in [-0.4, -0.2) is 28.3 Å². The van der Waals surface area contributed by atoms with Crippen LogP contribution in [0.15, 0.2) is 42.5 Å². The quantitative estimate of drug-likeness (QED) is 0.622. The Labute approximate surface area is 182 Å². The fourth-order valence-electron chi connectivity index (χ4n) is 4.01. The minimum Gasteiger partial charge on any atom is -0.452 e. The van der Waals surface area contributed by atoms with Crippen LogP contribution in [0.1, 0.15) is 51.3 Å². The van der Waals surface area contributed by atoms with Crippen molar-refractivity contribution >= 4 is 17.6 Å². The fourth-order valence-corrected chi connectivity index (χ4v) is 4.01. The molecule has 0 saturated carbocycles. The molecule has 1 aliphatic carbocycles. The Hall–Kier alpha value is -3.41. The van der Waals surface area contributed by atoms with E-state index in [1.165, 1.54) is 23.1 Å². The summed E-state index contributed by atoms with van der Waals surface area (Å²) in [5.41, 5.74) is 7.24. The third kappa shape index (κ3) is 4.53. The van der Waals surface area contributed by atoms with Gasteiger partial charge in [0.2, 0.25) is 0 Å². The first-order chi connectivity index (χ1) is 14.9. The average molecular weight is 418 g/mol. The van der Waals surface area contributed by atoms with Crippen molar-refractivity contribution in [3.8, 4) is 5.69 Å². The minimum atomic E-state index is -0.479. The summed E-state index contributed by atoms with van der Waals surface area (Å²) in [5.74, 6) is -0.867. The van der Waals surface area contributed by atoms with Gasteiger partial charge in [-0.1, -0.05) is 23.8 Å². The number of anilines is 1. The van der Waals surface area contributed by atoms with Crippen LogP contribution in [0, 0.1) is 20.8 Å². The maximum atomic E-state index is 12.5. The molecular formula is C25H27N3O3. The van der Waals surface area contributed by atoms with Crippen molar-refractivity contribution in [2.75, 3.05) is 11.9 Å². The predicted octanol–water partition coefficient (Wildman–Crippen LogP) is 4.47. The van der Waals surface area contributed by atoms with Gasteiger partial charge in [-0.15, -0.1) is 0 Å². The first-order valence-corrected chi connectivity index (χ1v) is 10.6. The van der Waals surface area contributed by atoms with E-state index in [1.807, 2.05) is 57.2 Å². The lowest BCUT2D eigenvalue weighted by Crippen LogP contribution is -2.21. The number of ether oxygens (including phenoxy) is 1. The molecule has 6 heteroatoms. The Morgan fingerprint density at radius 1 is 1.00 bits per heavy atom. The molecule has 31 heavy (non-hydrogen) atoms. The van der Waals surface area contributed by atoms with Gasteiger partial charge in [-0.05, 0) is 81.8 Å². The second-order valence-electron chi connectivity index (χ2n) is 8.11. The van der Waals surface area contributed by atoms with Gasteiger partial charge in [0.25, 0.3) is 5.91 Å². The van der Waals surface area contributed by atoms with Gasteiger partial charge in [-0.25, -0.2) is 9.48 Å². The summed E-state index contributed by atoms with van der Waals surface area (Å²) < 4.78 is 7.05. The van der Waals surface area contributed by atoms with Crippen LogP contribution in [-0.2, 0) is 22.4 Å². The Balaban J connectivity index is 1.40. The monoisotopic (exact) mass is 417 g/mol. The third-order valence-corrected chi connectivity index (χ3v) is 5.75. The molecule has 0 unspecified atom stereocenters. The van der Waals surface area contributed by atoms with Crippen LogP contribution in [0.3, 0.4) is 0 Å². The van der Waals surface area contributed by atoms with E-state index in [-0.39, 0.29) is 12.5 Å². The number of aryl methyl sites for hydroxylation is 4. The van der Waals surface area contributed by atoms with Gasteiger partial charge in [-0.3, -0.25) is 4.79 Å². The van der Waals surface area contributed by atoms with Crippen LogP contribution in [0.4, 0.5) is 5.69 Å². The van der Waals surface area contributed by atoms with Crippen LogP contribution in [0.5, 0.6) is 0 Å². The summed E-state index contributed by atoms with van der Waals surface area (Å²) in [4.78, 5) is 24.9. The number of nitrogens with zero attached hydrogens (tertiary/aromatic N) is 2. The summed E-state index contributed by atoms with van der Waals surface area (Å²) in [7, 11) is 0. The molecule has 0 aliphatic heterocycles. The van der Waals surface area contributed by atoms with E-state index >= 15 is 0 Å². The van der Waals surface area contributed by atoms with Crippen LogP contribution in [0.2, 0.25) is 0 Å². The van der Waals surface area contributed by atoms with Crippen molar-refractivity contribution in [2.45, 2.75) is 46.5 Å². The molecule has 1 N–H and O–H groups in total. The Morgan fingerprint density at radius 3 is 2.45 bits per heavy atom. The smallest absolute Gasteiger partial charge is 0.338 e. The van der Waals surface area contributed by atoms with E-state index in [0.29, 0.717) is 16.9 Å². The van der Waals surface area contributed by atoms with Crippen molar-refractivity contribution in [2.24, 2.45) is 0 Å². The Bertz CT molecular complexity index is 1130. The molecule has 3 aromatic rings. The zero-order chi connectivity index (χ0) is 22.0. The second-order valence-corrected chi connectivity index (χ2v) is 8.11. The molecule has 0 fully saturated rings. The predicted molar refractivity (Wildman–Crippen MR) is 120 cm³/mol. The highest BCUT2D eigenvalue weighted by Gasteiger charge is 2.18. The molecule has 1 aromatic heterocycles. The third-order valence-electron chi connectivity index (χ3n) is 5.75. The maximum Gasteiger partial charge on any atom is 0.338 e. The summed E-state index contributed by atoms with van der Waals surface area (Å²) in [6.45, 7) is 5.42. The van der Waals surface area contributed by atoms with E-state index < -0.39 is 5.97 Å². The lowest BCUT2D eigenvalue weighted by molar-refractivity contribution is -0.119. The number of rotatable bonds is 5. The first kappa shape index (κ1) is 20.8. The van der Waals surface area contributed by atoms with Crippen molar-refractivity contribution in [1.82, 2.24) is 9.78 Å². The standard InChI is InChI=1S/C25H27N3O3/c1-16-8-12-22(13-9-16)28-18(3)24(17(2)27-28)26-23(29)15-31-25(30)21-11-10-19-6-4-5-7-20(19)14-21/h8-14H,4-7,15H2,1-3H3,(H,26,29). The van der Waals surface area contributed by atoms with Crippen LogP contribution >= 0.6 is 0 Å². The van der Waals surface area contributed by atoms with Gasteiger partial charge in [0.15, 0.2) is 6.61 Å². The number of hydrogen-bond acceptors (Lipinski definition) is 4. The Kier molecular flexibility index (Phi) is 5.89. The van der Waals surface area contributed by atoms with Gasteiger partial charge in [0.1, 0.15) is 0 Å². The number of carbonyl (C=O) groups is 2. The number of esters is 1. The topological polar surface area (TPSA) is 73.2 Å². The van der Waals surface area contributed by atoms with Gasteiger partial charge < -0.3 is 10.1 Å². The summed E-state index contributed by atoms with van der Waals surface area (Å²) >= 11 is 0. The average Bonchev–Trinajstić information content (AvgIpc) is 3.06. The molecule has 0 radical (unpaired) electrons. The lowest BCUT2D eigenvalue weighted by atomic mass is 9.90. The molecule has 0 saturated heterocycles. The first-order valence-electron chi connectivity index (χ1n) is 10.6. The Morgan fingerprint density at radius 2 is 1.71 bits per heavy atom. The highest BCUT2D eigenvalue weighted by atomic mass is 16.5. The van der Waals surface area contributed by atoms with E-state index in [0.717, 1.165) is 30.6 Å². The number of nitrogens with one attached hydrogen (secondary N) is 1. The molecule has 2 aromatic carbocycles. The van der Waals surface area contributed by atoms with Gasteiger partial charge >= 0.3 is 5.97 Å². The SMILES string of the molecule is Cc1ccc(-n2nc(C)c(NC(=O)COC(=O)c3ccc4c(c3)CCCC4)c2C)cc1. The molecular weight excluding hydrogens is 390 g/mol.